The van der Waals surface area contributed by atoms with Crippen molar-refractivity contribution in [3.63, 3.8) is 0 Å². The minimum absolute atomic E-state index is 0.0134. The second-order valence-corrected chi connectivity index (χ2v) is 5.69. The van der Waals surface area contributed by atoms with Crippen molar-refractivity contribution in [2.75, 3.05) is 30.5 Å². The number of unbranched alkanes of at least 4 members (excludes halogenated alkanes) is 3. The number of nitrogens with zero attached hydrogens (tertiary/aromatic N) is 1. The van der Waals surface area contributed by atoms with E-state index in [-0.39, 0.29) is 5.69 Å². The number of nitrogens with one attached hydrogen (secondary N) is 1. The van der Waals surface area contributed by atoms with E-state index in [2.05, 4.69) is 11.6 Å². The van der Waals surface area contributed by atoms with Crippen LogP contribution < -0.4 is 10.1 Å². The summed E-state index contributed by atoms with van der Waals surface area (Å²) < 4.78 is 5.33. The highest BCUT2D eigenvalue weighted by Gasteiger charge is 2.14. The van der Waals surface area contributed by atoms with Crippen molar-refractivity contribution in [1.29, 1.82) is 0 Å². The zero-order valence-corrected chi connectivity index (χ0v) is 13.6. The summed E-state index contributed by atoms with van der Waals surface area (Å²) in [6, 6.07) is 4.93. The molecule has 6 heteroatoms. The van der Waals surface area contributed by atoms with Gasteiger partial charge in [0.1, 0.15) is 0 Å². The minimum Gasteiger partial charge on any atom is -0.487 e. The lowest BCUT2D eigenvalue weighted by molar-refractivity contribution is -0.385. The molecule has 0 aromatic heterocycles. The summed E-state index contributed by atoms with van der Waals surface area (Å²) in [5, 5.41) is 14.2. The van der Waals surface area contributed by atoms with Gasteiger partial charge in [0.05, 0.1) is 11.5 Å². The first-order valence-electron chi connectivity index (χ1n) is 7.33. The van der Waals surface area contributed by atoms with Crippen LogP contribution in [0.2, 0.25) is 0 Å². The van der Waals surface area contributed by atoms with E-state index in [0.29, 0.717) is 12.4 Å². The second kappa shape index (κ2) is 10.3. The summed E-state index contributed by atoms with van der Waals surface area (Å²) in [6.07, 6.45) is 6.97. The largest absolute Gasteiger partial charge is 0.487 e. The van der Waals surface area contributed by atoms with Crippen LogP contribution in [0, 0.1) is 10.1 Å². The highest BCUT2D eigenvalue weighted by Crippen LogP contribution is 2.30. The standard InChI is InChI=1S/C15H24N2O3S/c1-3-20-15-12-13(8-9-14(15)17(18)19)16-10-6-4-5-7-11-21-2/h8-9,12,16H,3-7,10-11H2,1-2H3. The predicted octanol–water partition coefficient (Wildman–Crippen LogP) is 4.33. The lowest BCUT2D eigenvalue weighted by atomic mass is 10.2. The molecular formula is C15H24N2O3S. The van der Waals surface area contributed by atoms with Crippen LogP contribution in [0.4, 0.5) is 11.4 Å². The van der Waals surface area contributed by atoms with E-state index in [1.807, 2.05) is 18.7 Å². The van der Waals surface area contributed by atoms with Crippen molar-refractivity contribution in [3.05, 3.63) is 28.3 Å². The molecule has 0 unspecified atom stereocenters. The van der Waals surface area contributed by atoms with Crippen molar-refractivity contribution < 1.29 is 9.66 Å². The fourth-order valence-electron chi connectivity index (χ4n) is 2.00. The molecule has 0 saturated carbocycles. The van der Waals surface area contributed by atoms with Crippen molar-refractivity contribution >= 4 is 23.1 Å². The number of rotatable bonds is 11. The van der Waals surface area contributed by atoms with E-state index >= 15 is 0 Å². The van der Waals surface area contributed by atoms with Gasteiger partial charge in [-0.1, -0.05) is 12.8 Å². The van der Waals surface area contributed by atoms with Crippen molar-refractivity contribution in [2.24, 2.45) is 0 Å². The molecule has 5 nitrogen and oxygen atoms in total. The third-order valence-electron chi connectivity index (χ3n) is 3.06. The Hall–Kier alpha value is -1.43. The maximum absolute atomic E-state index is 10.9. The second-order valence-electron chi connectivity index (χ2n) is 4.71. The van der Waals surface area contributed by atoms with Crippen molar-refractivity contribution in [3.8, 4) is 5.75 Å². The first-order valence-corrected chi connectivity index (χ1v) is 8.72. The number of anilines is 1. The van der Waals surface area contributed by atoms with Crippen LogP contribution in [0.1, 0.15) is 32.6 Å². The van der Waals surface area contributed by atoms with Gasteiger partial charge in [0.2, 0.25) is 0 Å². The molecule has 1 N–H and O–H groups in total. The van der Waals surface area contributed by atoms with E-state index < -0.39 is 4.92 Å². The number of nitro groups is 1. The van der Waals surface area contributed by atoms with Crippen LogP contribution >= 0.6 is 11.8 Å². The molecule has 0 saturated heterocycles. The molecule has 1 aromatic rings. The summed E-state index contributed by atoms with van der Waals surface area (Å²) in [7, 11) is 0. The molecule has 0 spiro atoms. The Kier molecular flexibility index (Phi) is 8.66. The number of hydrogen-bond acceptors (Lipinski definition) is 5. The first-order chi connectivity index (χ1) is 10.2. The van der Waals surface area contributed by atoms with Crippen LogP contribution in [-0.4, -0.2) is 30.1 Å². The van der Waals surface area contributed by atoms with Gasteiger partial charge >= 0.3 is 5.69 Å². The molecule has 118 valence electrons. The average Bonchev–Trinajstić information content (AvgIpc) is 2.46. The molecule has 0 aliphatic carbocycles. The van der Waals surface area contributed by atoms with Gasteiger partial charge in [-0.15, -0.1) is 0 Å². The normalized spacial score (nSPS) is 10.4. The van der Waals surface area contributed by atoms with E-state index in [4.69, 9.17) is 4.74 Å². The lowest BCUT2D eigenvalue weighted by Gasteiger charge is -2.09. The summed E-state index contributed by atoms with van der Waals surface area (Å²) >= 11 is 1.89. The van der Waals surface area contributed by atoms with Crippen LogP contribution in [0.25, 0.3) is 0 Å². The van der Waals surface area contributed by atoms with Gasteiger partial charge in [0.25, 0.3) is 0 Å². The smallest absolute Gasteiger partial charge is 0.311 e. The molecular weight excluding hydrogens is 288 g/mol. The number of benzene rings is 1. The minimum atomic E-state index is -0.416. The molecule has 0 amide bonds. The third kappa shape index (κ3) is 6.71. The van der Waals surface area contributed by atoms with Crippen LogP contribution in [0.15, 0.2) is 18.2 Å². The van der Waals surface area contributed by atoms with E-state index in [0.717, 1.165) is 18.7 Å². The van der Waals surface area contributed by atoms with Gasteiger partial charge in [-0.25, -0.2) is 0 Å². The van der Waals surface area contributed by atoms with Gasteiger partial charge in [0.15, 0.2) is 5.75 Å². The SMILES string of the molecule is CCOc1cc(NCCCCCCSC)ccc1[N+](=O)[O-]. The molecule has 21 heavy (non-hydrogen) atoms. The molecule has 0 aliphatic rings. The Morgan fingerprint density at radius 1 is 1.29 bits per heavy atom. The summed E-state index contributed by atoms with van der Waals surface area (Å²) in [5.74, 6) is 1.56. The van der Waals surface area contributed by atoms with Crippen LogP contribution in [0.5, 0.6) is 5.75 Å². The number of ether oxygens (including phenoxy) is 1. The van der Waals surface area contributed by atoms with Crippen molar-refractivity contribution in [1.82, 2.24) is 0 Å². The van der Waals surface area contributed by atoms with Crippen molar-refractivity contribution in [2.45, 2.75) is 32.6 Å². The Balaban J connectivity index is 2.41. The zero-order chi connectivity index (χ0) is 15.5. The topological polar surface area (TPSA) is 64.4 Å². The molecule has 1 rings (SSSR count). The Labute approximate surface area is 130 Å². The Bertz CT molecular complexity index is 441. The monoisotopic (exact) mass is 312 g/mol. The van der Waals surface area contributed by atoms with Gasteiger partial charge in [-0.05, 0) is 37.8 Å². The average molecular weight is 312 g/mol. The number of nitro benzene ring substituents is 1. The molecule has 0 aliphatic heterocycles. The first kappa shape index (κ1) is 17.6. The zero-order valence-electron chi connectivity index (χ0n) is 12.8. The molecule has 0 radical (unpaired) electrons. The van der Waals surface area contributed by atoms with Gasteiger partial charge in [-0.3, -0.25) is 10.1 Å². The molecule has 1 aromatic carbocycles. The van der Waals surface area contributed by atoms with Gasteiger partial charge in [-0.2, -0.15) is 11.8 Å². The van der Waals surface area contributed by atoms with E-state index in [1.54, 1.807) is 12.1 Å². The fraction of sp³-hybridized carbons (Fsp3) is 0.600. The molecule has 0 bridgehead atoms. The number of hydrogen-bond donors (Lipinski definition) is 1. The molecule has 0 heterocycles. The quantitative estimate of drug-likeness (QED) is 0.374. The van der Waals surface area contributed by atoms with Crippen LogP contribution in [-0.2, 0) is 0 Å². The number of thioether (sulfide) groups is 1. The maximum atomic E-state index is 10.9. The summed E-state index contributed by atoms with van der Waals surface area (Å²) in [4.78, 5) is 10.5. The van der Waals surface area contributed by atoms with Gasteiger partial charge in [0, 0.05) is 24.4 Å². The molecule has 0 atom stereocenters. The summed E-state index contributed by atoms with van der Waals surface area (Å²) in [5.41, 5.74) is 0.882. The Morgan fingerprint density at radius 3 is 2.71 bits per heavy atom. The summed E-state index contributed by atoms with van der Waals surface area (Å²) in [6.45, 7) is 3.11. The van der Waals surface area contributed by atoms with Crippen LogP contribution in [0.3, 0.4) is 0 Å². The highest BCUT2D eigenvalue weighted by molar-refractivity contribution is 7.98. The van der Waals surface area contributed by atoms with Gasteiger partial charge < -0.3 is 10.1 Å². The van der Waals surface area contributed by atoms with E-state index in [9.17, 15) is 10.1 Å². The Morgan fingerprint density at radius 2 is 2.05 bits per heavy atom. The molecule has 0 fully saturated rings. The fourth-order valence-corrected chi connectivity index (χ4v) is 2.50. The highest BCUT2D eigenvalue weighted by atomic mass is 32.2. The van der Waals surface area contributed by atoms with E-state index in [1.165, 1.54) is 31.1 Å². The predicted molar refractivity (Wildman–Crippen MR) is 89.6 cm³/mol. The maximum Gasteiger partial charge on any atom is 0.311 e. The third-order valence-corrected chi connectivity index (χ3v) is 3.76. The lowest BCUT2D eigenvalue weighted by Crippen LogP contribution is -2.03.